The lowest BCUT2D eigenvalue weighted by Gasteiger charge is -2.53. The van der Waals surface area contributed by atoms with E-state index in [-0.39, 0.29) is 24.0 Å². The second-order valence-electron chi connectivity index (χ2n) is 10.4. The van der Waals surface area contributed by atoms with Gasteiger partial charge >= 0.3 is 0 Å². The van der Waals surface area contributed by atoms with Crippen molar-refractivity contribution in [1.82, 2.24) is 9.88 Å². The van der Waals surface area contributed by atoms with Crippen LogP contribution in [0.3, 0.4) is 0 Å². The molecule has 0 aliphatic carbocycles. The van der Waals surface area contributed by atoms with Gasteiger partial charge in [0.15, 0.2) is 10.7 Å². The molecule has 0 amide bonds. The van der Waals surface area contributed by atoms with E-state index in [4.69, 9.17) is 21.1 Å². The summed E-state index contributed by atoms with van der Waals surface area (Å²) in [7, 11) is 0.162. The first kappa shape index (κ1) is 29.4. The molecule has 2 saturated heterocycles. The van der Waals surface area contributed by atoms with Gasteiger partial charge in [0.1, 0.15) is 28.0 Å². The molecule has 2 fully saturated rings. The molecular formula is C28H30ClF3N4O4S. The molecule has 1 unspecified atom stereocenters. The van der Waals surface area contributed by atoms with Crippen LogP contribution < -0.4 is 13.9 Å². The Kier molecular flexibility index (Phi) is 8.12. The van der Waals surface area contributed by atoms with Crippen LogP contribution in [-0.2, 0) is 21.3 Å². The number of aromatic nitrogens is 1. The third-order valence-electron chi connectivity index (χ3n) is 7.89. The summed E-state index contributed by atoms with van der Waals surface area (Å²) in [5, 5.41) is -0.533. The molecule has 8 nitrogen and oxygen atoms in total. The Morgan fingerprint density at radius 3 is 2.41 bits per heavy atom. The van der Waals surface area contributed by atoms with E-state index in [1.54, 1.807) is 36.3 Å². The van der Waals surface area contributed by atoms with Gasteiger partial charge < -0.3 is 19.3 Å². The van der Waals surface area contributed by atoms with Gasteiger partial charge in [0.05, 0.1) is 19.3 Å². The molecule has 1 aromatic heterocycles. The fourth-order valence-corrected chi connectivity index (χ4v) is 7.40. The van der Waals surface area contributed by atoms with Crippen LogP contribution in [0.5, 0.6) is 5.75 Å². The van der Waals surface area contributed by atoms with Crippen molar-refractivity contribution in [2.45, 2.75) is 23.5 Å². The maximum atomic E-state index is 15.8. The molecule has 0 saturated carbocycles. The Bertz CT molecular complexity index is 1540. The minimum absolute atomic E-state index is 0.0326. The maximum Gasteiger partial charge on any atom is 0.271 e. The first-order valence-electron chi connectivity index (χ1n) is 12.9. The molecular weight excluding hydrogens is 581 g/mol. The van der Waals surface area contributed by atoms with Crippen molar-refractivity contribution in [2.24, 2.45) is 5.92 Å². The topological polar surface area (TPSA) is 75.2 Å². The monoisotopic (exact) mass is 610 g/mol. The molecule has 220 valence electrons. The van der Waals surface area contributed by atoms with Gasteiger partial charge in [0.2, 0.25) is 5.95 Å². The number of benzene rings is 2. The van der Waals surface area contributed by atoms with Crippen molar-refractivity contribution < 1.29 is 31.1 Å². The fraction of sp³-hybridized carbons (Fsp3) is 0.393. The van der Waals surface area contributed by atoms with Crippen LogP contribution in [0.1, 0.15) is 12.0 Å². The Hall–Kier alpha value is -3.06. The lowest BCUT2D eigenvalue weighted by atomic mass is 9.79. The van der Waals surface area contributed by atoms with Gasteiger partial charge in [-0.3, -0.25) is 0 Å². The van der Waals surface area contributed by atoms with E-state index >= 15 is 8.78 Å². The molecule has 0 bridgehead atoms. The molecule has 41 heavy (non-hydrogen) atoms. The molecule has 3 heterocycles. The van der Waals surface area contributed by atoms with Crippen LogP contribution in [-0.4, -0.2) is 71.3 Å². The number of halogens is 4. The summed E-state index contributed by atoms with van der Waals surface area (Å²) in [5.41, 5.74) is -0.0208. The van der Waals surface area contributed by atoms with Crippen LogP contribution >= 0.6 is 11.6 Å². The highest BCUT2D eigenvalue weighted by atomic mass is 35.5. The van der Waals surface area contributed by atoms with Crippen molar-refractivity contribution in [3.8, 4) is 5.75 Å². The number of ether oxygens (including phenoxy) is 2. The van der Waals surface area contributed by atoms with Gasteiger partial charge in [-0.1, -0.05) is 29.8 Å². The highest BCUT2D eigenvalue weighted by molar-refractivity contribution is 7.92. The van der Waals surface area contributed by atoms with E-state index in [1.807, 2.05) is 7.05 Å². The molecule has 13 heteroatoms. The van der Waals surface area contributed by atoms with Crippen molar-refractivity contribution in [2.75, 3.05) is 56.7 Å². The number of likely N-dealkylation sites (tertiary alicyclic amines) is 1. The Labute approximate surface area is 242 Å². The molecule has 0 N–H and O–H groups in total. The van der Waals surface area contributed by atoms with Crippen molar-refractivity contribution in [1.29, 1.82) is 0 Å². The number of hydrogen-bond acceptors (Lipinski definition) is 7. The minimum Gasteiger partial charge on any atom is -0.497 e. The summed E-state index contributed by atoms with van der Waals surface area (Å²) in [4.78, 5) is 6.29. The quantitative estimate of drug-likeness (QED) is 0.257. The molecule has 5 rings (SSSR count). The highest BCUT2D eigenvalue weighted by Crippen LogP contribution is 2.44. The smallest absolute Gasteiger partial charge is 0.271 e. The van der Waals surface area contributed by atoms with Crippen LogP contribution in [0.4, 0.5) is 24.7 Å². The average Bonchev–Trinajstić information content (AvgIpc) is 3.36. The van der Waals surface area contributed by atoms with Crippen LogP contribution in [0.2, 0.25) is 5.02 Å². The van der Waals surface area contributed by atoms with E-state index in [0.717, 1.165) is 31.6 Å². The van der Waals surface area contributed by atoms with E-state index < -0.39 is 43.1 Å². The van der Waals surface area contributed by atoms with Crippen molar-refractivity contribution in [3.63, 3.8) is 0 Å². The predicted octanol–water partition coefficient (Wildman–Crippen LogP) is 4.71. The first-order chi connectivity index (χ1) is 19.5. The largest absolute Gasteiger partial charge is 0.497 e. The van der Waals surface area contributed by atoms with E-state index in [1.165, 1.54) is 19.2 Å². The summed E-state index contributed by atoms with van der Waals surface area (Å²) >= 11 is 6.37. The number of rotatable bonds is 9. The number of anilines is 2. The molecule has 2 aliphatic rings. The summed E-state index contributed by atoms with van der Waals surface area (Å²) in [5.74, 6) is -3.31. The number of hydrogen-bond donors (Lipinski definition) is 0. The Morgan fingerprint density at radius 1 is 1.12 bits per heavy atom. The number of methoxy groups -OCH3 is 2. The zero-order chi connectivity index (χ0) is 29.5. The molecule has 0 spiro atoms. The molecule has 3 aromatic rings. The highest BCUT2D eigenvalue weighted by Gasteiger charge is 2.51. The molecule has 2 aromatic carbocycles. The number of sulfonamides is 1. The number of pyridine rings is 1. The summed E-state index contributed by atoms with van der Waals surface area (Å²) < 4.78 is 84.8. The van der Waals surface area contributed by atoms with Crippen LogP contribution in [0, 0.1) is 23.5 Å². The maximum absolute atomic E-state index is 15.8. The predicted molar refractivity (Wildman–Crippen MR) is 149 cm³/mol. The minimum atomic E-state index is -4.96. The Balaban J connectivity index is 1.49. The molecule has 1 atom stereocenters. The average molecular weight is 611 g/mol. The zero-order valence-corrected chi connectivity index (χ0v) is 24.4. The standard InChI is InChI=1S/C28H30ClF3N4O4S/c1-34-12-11-19(15-34)28(40-3)16-35(17-28)22-13-21(30)27(26(32)25(22)29)41(37,38)36(24-6-4-5-23(31)33-24)14-18-7-9-20(39-2)10-8-18/h4-10,13,19H,11-12,14-17H2,1-3H3. The van der Waals surface area contributed by atoms with Crippen molar-refractivity contribution >= 4 is 33.1 Å². The normalized spacial score (nSPS) is 18.8. The van der Waals surface area contributed by atoms with E-state index in [9.17, 15) is 12.8 Å². The fourth-order valence-electron chi connectivity index (χ4n) is 5.55. The lowest BCUT2D eigenvalue weighted by molar-refractivity contribution is -0.0752. The van der Waals surface area contributed by atoms with Crippen molar-refractivity contribution in [3.05, 3.63) is 76.7 Å². The van der Waals surface area contributed by atoms with Gasteiger partial charge in [-0.2, -0.15) is 4.39 Å². The number of nitrogens with zero attached hydrogens (tertiary/aromatic N) is 4. The van der Waals surface area contributed by atoms with E-state index in [2.05, 4.69) is 9.88 Å². The summed E-state index contributed by atoms with van der Waals surface area (Å²) in [6.45, 7) is 2.08. The van der Waals surface area contributed by atoms with Gasteiger partial charge in [-0.15, -0.1) is 0 Å². The van der Waals surface area contributed by atoms with Crippen LogP contribution in [0.15, 0.2) is 53.4 Å². The third-order valence-corrected chi connectivity index (χ3v) is 10.0. The summed E-state index contributed by atoms with van der Waals surface area (Å²) in [6, 6.07) is 10.8. The first-order valence-corrected chi connectivity index (χ1v) is 14.8. The van der Waals surface area contributed by atoms with Gasteiger partial charge in [-0.05, 0) is 49.8 Å². The molecule has 0 radical (unpaired) electrons. The second kappa shape index (κ2) is 11.3. The third kappa shape index (κ3) is 5.45. The van der Waals surface area contributed by atoms with E-state index in [0.29, 0.717) is 28.7 Å². The Morgan fingerprint density at radius 2 is 1.83 bits per heavy atom. The van der Waals surface area contributed by atoms with Gasteiger partial charge in [-0.25, -0.2) is 26.5 Å². The van der Waals surface area contributed by atoms with Crippen LogP contribution in [0.25, 0.3) is 0 Å². The van der Waals surface area contributed by atoms with Gasteiger partial charge in [0.25, 0.3) is 10.0 Å². The molecule has 2 aliphatic heterocycles. The SMILES string of the molecule is COc1ccc(CN(c2cccc(F)n2)S(=O)(=O)c2c(F)cc(N3CC(OC)(C4CCN(C)C4)C3)c(Cl)c2F)cc1. The van der Waals surface area contributed by atoms with Gasteiger partial charge in [0, 0.05) is 38.7 Å². The lowest BCUT2D eigenvalue weighted by Crippen LogP contribution is -2.67. The zero-order valence-electron chi connectivity index (χ0n) is 22.8. The second-order valence-corrected chi connectivity index (χ2v) is 12.6. The summed E-state index contributed by atoms with van der Waals surface area (Å²) in [6.07, 6.45) is 0.934.